The fraction of sp³-hybridized carbons (Fsp3) is 0.278. The van der Waals surface area contributed by atoms with Crippen molar-refractivity contribution in [2.45, 2.75) is 12.0 Å². The Balaban J connectivity index is 1.93. The number of nitrogens with one attached hydrogen (secondary N) is 1. The lowest BCUT2D eigenvalue weighted by molar-refractivity contribution is -0.0146. The van der Waals surface area contributed by atoms with Gasteiger partial charge in [-0.15, -0.1) is 0 Å². The van der Waals surface area contributed by atoms with Crippen molar-refractivity contribution in [3.8, 4) is 11.6 Å². The predicted octanol–water partition coefficient (Wildman–Crippen LogP) is 3.59. The van der Waals surface area contributed by atoms with Crippen LogP contribution in [0.3, 0.4) is 0 Å². The van der Waals surface area contributed by atoms with Gasteiger partial charge in [0.1, 0.15) is 24.1 Å². The van der Waals surface area contributed by atoms with E-state index in [9.17, 15) is 22.4 Å². The molecule has 0 saturated carbocycles. The second-order valence-corrected chi connectivity index (χ2v) is 7.22. The normalized spacial score (nSPS) is 18.5. The molecule has 1 unspecified atom stereocenters. The molecule has 8 nitrogen and oxygen atoms in total. The Labute approximate surface area is 181 Å². The Kier molecular flexibility index (Phi) is 6.65. The molecule has 0 aliphatic carbocycles. The summed E-state index contributed by atoms with van der Waals surface area (Å²) in [7, 11) is 1.31. The van der Waals surface area contributed by atoms with Gasteiger partial charge in [0.2, 0.25) is 0 Å². The number of methoxy groups -OCH3 is 1. The van der Waals surface area contributed by atoms with Crippen LogP contribution < -0.4 is 20.5 Å². The zero-order valence-electron chi connectivity index (χ0n) is 15.8. The molecule has 0 bridgehead atoms. The number of hydrogen-bond donors (Lipinski definition) is 2. The third kappa shape index (κ3) is 4.71. The Morgan fingerprint density at radius 3 is 2.71 bits per heavy atom. The predicted molar refractivity (Wildman–Crippen MR) is 105 cm³/mol. The van der Waals surface area contributed by atoms with Crippen molar-refractivity contribution in [2.75, 3.05) is 25.6 Å². The zero-order valence-corrected chi connectivity index (χ0v) is 17.4. The first kappa shape index (κ1) is 22.7. The van der Waals surface area contributed by atoms with Crippen LogP contribution in [0, 0.1) is 11.6 Å². The number of aliphatic imine (C=N–C) groups is 1. The van der Waals surface area contributed by atoms with E-state index in [1.807, 2.05) is 5.32 Å². The Bertz CT molecular complexity index is 1040. The second kappa shape index (κ2) is 9.06. The van der Waals surface area contributed by atoms with Crippen molar-refractivity contribution < 1.29 is 36.6 Å². The maximum absolute atomic E-state index is 14.5. The minimum atomic E-state index is -3.23. The van der Waals surface area contributed by atoms with Gasteiger partial charge < -0.3 is 19.9 Å². The molecule has 1 aliphatic rings. The maximum Gasteiger partial charge on any atom is 0.418 e. The molecular weight excluding hydrogens is 492 g/mol. The number of hydrogen-bond acceptors (Lipinski definition) is 7. The van der Waals surface area contributed by atoms with Gasteiger partial charge in [-0.2, -0.15) is 0 Å². The Hall–Kier alpha value is -2.93. The van der Waals surface area contributed by atoms with E-state index in [-0.39, 0.29) is 24.1 Å². The van der Waals surface area contributed by atoms with Crippen LogP contribution in [-0.2, 0) is 10.3 Å². The largest absolute Gasteiger partial charge is 0.491 e. The summed E-state index contributed by atoms with van der Waals surface area (Å²) in [5, 5.41) is 2.02. The highest BCUT2D eigenvalue weighted by Gasteiger charge is 2.46. The van der Waals surface area contributed by atoms with Crippen LogP contribution in [0.15, 0.2) is 33.9 Å². The summed E-state index contributed by atoms with van der Waals surface area (Å²) in [6.07, 6.45) is -3.14. The fourth-order valence-electron chi connectivity index (χ4n) is 2.83. The molecule has 2 heterocycles. The molecule has 0 spiro atoms. The number of nitrogens with zero attached hydrogens (tertiary/aromatic N) is 2. The highest BCUT2D eigenvalue weighted by molar-refractivity contribution is 9.10. The number of anilines is 1. The third-order valence-corrected chi connectivity index (χ3v) is 4.66. The van der Waals surface area contributed by atoms with Crippen LogP contribution in [-0.4, -0.2) is 43.7 Å². The number of amidine groups is 1. The molecule has 13 heteroatoms. The lowest BCUT2D eigenvalue weighted by Gasteiger charge is -2.33. The monoisotopic (exact) mass is 506 g/mol. The summed E-state index contributed by atoms with van der Waals surface area (Å²) in [6.45, 7) is -0.908. The van der Waals surface area contributed by atoms with Crippen molar-refractivity contribution >= 4 is 33.5 Å². The topological polar surface area (TPSA) is 108 Å². The number of carbonyl (C=O) groups excluding carboxylic acids is 1. The number of pyridine rings is 1. The SMILES string of the molecule is COc1cc(Br)cnc1OC(=O)Nc1cc(C2(C(F)F)COCC(N)=N2)c(F)cc1F. The van der Waals surface area contributed by atoms with Crippen LogP contribution >= 0.6 is 15.9 Å². The van der Waals surface area contributed by atoms with E-state index >= 15 is 0 Å². The van der Waals surface area contributed by atoms with Gasteiger partial charge in [-0.1, -0.05) is 0 Å². The number of alkyl halides is 2. The molecule has 31 heavy (non-hydrogen) atoms. The Morgan fingerprint density at radius 2 is 2.06 bits per heavy atom. The number of carbonyl (C=O) groups is 1. The Morgan fingerprint density at radius 1 is 1.32 bits per heavy atom. The van der Waals surface area contributed by atoms with E-state index in [0.717, 1.165) is 0 Å². The van der Waals surface area contributed by atoms with Gasteiger partial charge in [-0.25, -0.2) is 27.3 Å². The number of amides is 1. The van der Waals surface area contributed by atoms with Gasteiger partial charge in [0.25, 0.3) is 12.3 Å². The van der Waals surface area contributed by atoms with Crippen LogP contribution in [0.2, 0.25) is 0 Å². The highest BCUT2D eigenvalue weighted by atomic mass is 79.9. The van der Waals surface area contributed by atoms with Crippen molar-refractivity contribution in [3.05, 3.63) is 46.1 Å². The van der Waals surface area contributed by atoms with Gasteiger partial charge >= 0.3 is 6.09 Å². The molecule has 1 atom stereocenters. The van der Waals surface area contributed by atoms with Gasteiger partial charge in [-0.05, 0) is 22.0 Å². The standard InChI is InChI=1S/C18H15BrF4N4O4/c1-29-13-2-8(19)5-25-15(13)31-17(28)26-12-3-9(10(20)4-11(12)21)18(16(22)23)7-30-6-14(24)27-18/h2-5,16H,6-7H2,1H3,(H2,24,27)(H,26,28). The van der Waals surface area contributed by atoms with Crippen molar-refractivity contribution in [1.82, 2.24) is 4.98 Å². The van der Waals surface area contributed by atoms with E-state index in [1.165, 1.54) is 19.4 Å². The summed E-state index contributed by atoms with van der Waals surface area (Å²) >= 11 is 3.17. The molecule has 1 aliphatic heterocycles. The van der Waals surface area contributed by atoms with Crippen LogP contribution in [0.1, 0.15) is 5.56 Å². The van der Waals surface area contributed by atoms with Gasteiger partial charge in [0, 0.05) is 28.4 Å². The summed E-state index contributed by atoms with van der Waals surface area (Å²) < 4.78 is 72.0. The van der Waals surface area contributed by atoms with Crippen molar-refractivity contribution in [3.63, 3.8) is 0 Å². The van der Waals surface area contributed by atoms with Crippen molar-refractivity contribution in [1.29, 1.82) is 0 Å². The number of benzene rings is 1. The molecule has 3 rings (SSSR count). The first-order valence-corrected chi connectivity index (χ1v) is 9.33. The molecule has 3 N–H and O–H groups in total. The van der Waals surface area contributed by atoms with Crippen LogP contribution in [0.5, 0.6) is 11.6 Å². The number of ether oxygens (including phenoxy) is 3. The molecular formula is C18H15BrF4N4O4. The average Bonchev–Trinajstić information content (AvgIpc) is 2.71. The lowest BCUT2D eigenvalue weighted by Crippen LogP contribution is -2.45. The fourth-order valence-corrected chi connectivity index (χ4v) is 3.14. The van der Waals surface area contributed by atoms with E-state index in [0.29, 0.717) is 16.6 Å². The maximum atomic E-state index is 14.5. The summed E-state index contributed by atoms with van der Waals surface area (Å²) in [5.74, 6) is -2.97. The second-order valence-electron chi connectivity index (χ2n) is 6.31. The van der Waals surface area contributed by atoms with Gasteiger partial charge in [0.15, 0.2) is 11.3 Å². The summed E-state index contributed by atoms with van der Waals surface area (Å²) in [6, 6.07) is 2.49. The van der Waals surface area contributed by atoms with E-state index in [4.69, 9.17) is 19.9 Å². The molecule has 2 aromatic rings. The lowest BCUT2D eigenvalue weighted by atomic mass is 9.89. The van der Waals surface area contributed by atoms with Crippen molar-refractivity contribution in [2.24, 2.45) is 10.7 Å². The number of aromatic nitrogens is 1. The first-order valence-electron chi connectivity index (χ1n) is 8.54. The number of nitrogens with two attached hydrogens (primary N) is 1. The van der Waals surface area contributed by atoms with Crippen LogP contribution in [0.25, 0.3) is 0 Å². The van der Waals surface area contributed by atoms with E-state index in [1.54, 1.807) is 0 Å². The van der Waals surface area contributed by atoms with E-state index in [2.05, 4.69) is 25.9 Å². The van der Waals surface area contributed by atoms with E-state index < -0.39 is 47.5 Å². The molecule has 1 aromatic carbocycles. The quantitative estimate of drug-likeness (QED) is 0.600. The summed E-state index contributed by atoms with van der Waals surface area (Å²) in [4.78, 5) is 19.7. The number of rotatable bonds is 5. The van der Waals surface area contributed by atoms with Crippen LogP contribution in [0.4, 0.5) is 28.0 Å². The molecule has 0 radical (unpaired) electrons. The zero-order chi connectivity index (χ0) is 22.8. The minimum absolute atomic E-state index is 0.0885. The third-order valence-electron chi connectivity index (χ3n) is 4.23. The average molecular weight is 507 g/mol. The molecule has 0 fully saturated rings. The molecule has 166 valence electrons. The molecule has 1 aromatic heterocycles. The number of halogens is 5. The summed E-state index contributed by atoms with van der Waals surface area (Å²) in [5.41, 5.74) is 1.65. The van der Waals surface area contributed by atoms with Gasteiger partial charge in [-0.3, -0.25) is 10.3 Å². The molecule has 1 amide bonds. The van der Waals surface area contributed by atoms with Gasteiger partial charge in [0.05, 0.1) is 19.4 Å². The molecule has 0 saturated heterocycles. The highest BCUT2D eigenvalue weighted by Crippen LogP contribution is 2.38. The minimum Gasteiger partial charge on any atom is -0.491 e. The first-order chi connectivity index (χ1) is 14.7. The smallest absolute Gasteiger partial charge is 0.418 e.